The Kier molecular flexibility index (Phi) is 4.07. The molecule has 1 saturated carbocycles. The van der Waals surface area contributed by atoms with Gasteiger partial charge in [-0.15, -0.1) is 0 Å². The van der Waals surface area contributed by atoms with E-state index in [1.807, 2.05) is 36.6 Å². The number of carbonyl (C=O) groups is 1. The molecule has 120 valence electrons. The Labute approximate surface area is 142 Å². The van der Waals surface area contributed by atoms with Gasteiger partial charge in [0.15, 0.2) is 0 Å². The molecular formula is C19H20BN3O. The normalized spacial score (nSPS) is 18.9. The summed E-state index contributed by atoms with van der Waals surface area (Å²) in [6.07, 6.45) is 10.9. The van der Waals surface area contributed by atoms with E-state index in [0.29, 0.717) is 18.9 Å². The van der Waals surface area contributed by atoms with Gasteiger partial charge in [0.1, 0.15) is 0 Å². The molecule has 0 unspecified atom stereocenters. The summed E-state index contributed by atoms with van der Waals surface area (Å²) in [4.78, 5) is 16.7. The highest BCUT2D eigenvalue weighted by molar-refractivity contribution is 6.76. The van der Waals surface area contributed by atoms with Crippen LogP contribution in [-0.4, -0.2) is 25.0 Å². The molecule has 0 bridgehead atoms. The van der Waals surface area contributed by atoms with Crippen LogP contribution in [-0.2, 0) is 11.2 Å². The molecule has 2 N–H and O–H groups in total. The lowest BCUT2D eigenvalue weighted by Crippen LogP contribution is -2.41. The van der Waals surface area contributed by atoms with Gasteiger partial charge in [0, 0.05) is 17.3 Å². The van der Waals surface area contributed by atoms with Crippen molar-refractivity contribution in [3.05, 3.63) is 65.9 Å². The molecule has 4 rings (SSSR count). The van der Waals surface area contributed by atoms with E-state index in [-0.39, 0.29) is 12.8 Å². The van der Waals surface area contributed by atoms with Crippen molar-refractivity contribution in [3.8, 4) is 0 Å². The summed E-state index contributed by atoms with van der Waals surface area (Å²) in [6, 6.07) is 8.20. The first-order valence-corrected chi connectivity index (χ1v) is 8.51. The van der Waals surface area contributed by atoms with Crippen molar-refractivity contribution in [1.82, 2.24) is 10.5 Å². The third-order valence-corrected chi connectivity index (χ3v) is 4.54. The minimum Gasteiger partial charge on any atom is -0.427 e. The van der Waals surface area contributed by atoms with E-state index in [2.05, 4.69) is 33.6 Å². The van der Waals surface area contributed by atoms with Gasteiger partial charge >= 0.3 is 6.85 Å². The zero-order chi connectivity index (χ0) is 16.4. The quantitative estimate of drug-likeness (QED) is 0.809. The summed E-state index contributed by atoms with van der Waals surface area (Å²) in [5.41, 5.74) is 4.31. The smallest absolute Gasteiger partial charge is 0.312 e. The SMILES string of the molecule is O=C(Cc1ccc(B2C=CC=CN2)cc1)NC1=CC(C2CC2)=NC1. The average Bonchev–Trinajstić information content (AvgIpc) is 3.36. The van der Waals surface area contributed by atoms with Gasteiger partial charge in [0.05, 0.1) is 13.0 Å². The molecule has 0 aromatic heterocycles. The molecule has 2 heterocycles. The molecule has 24 heavy (non-hydrogen) atoms. The van der Waals surface area contributed by atoms with Gasteiger partial charge in [-0.3, -0.25) is 9.79 Å². The molecule has 1 fully saturated rings. The number of nitrogens with zero attached hydrogens (tertiary/aromatic N) is 1. The molecule has 0 radical (unpaired) electrons. The number of allylic oxidation sites excluding steroid dienone is 3. The van der Waals surface area contributed by atoms with Crippen LogP contribution in [0.4, 0.5) is 0 Å². The monoisotopic (exact) mass is 317 g/mol. The Hall–Kier alpha value is -2.56. The fourth-order valence-electron chi connectivity index (χ4n) is 3.05. The van der Waals surface area contributed by atoms with Crippen LogP contribution in [0.1, 0.15) is 18.4 Å². The molecule has 1 amide bonds. The van der Waals surface area contributed by atoms with Gasteiger partial charge in [-0.2, -0.15) is 0 Å². The van der Waals surface area contributed by atoms with E-state index in [1.54, 1.807) is 0 Å². The Balaban J connectivity index is 1.32. The molecule has 4 nitrogen and oxygen atoms in total. The lowest BCUT2D eigenvalue weighted by Gasteiger charge is -2.12. The summed E-state index contributed by atoms with van der Waals surface area (Å²) in [5.74, 6) is 2.79. The Morgan fingerprint density at radius 2 is 2.08 bits per heavy atom. The van der Waals surface area contributed by atoms with Gasteiger partial charge in [0.25, 0.3) is 0 Å². The van der Waals surface area contributed by atoms with Crippen LogP contribution in [0, 0.1) is 5.92 Å². The van der Waals surface area contributed by atoms with Crippen molar-refractivity contribution < 1.29 is 4.79 Å². The molecule has 0 saturated heterocycles. The highest BCUT2D eigenvalue weighted by Crippen LogP contribution is 2.32. The number of benzene rings is 1. The molecule has 5 heteroatoms. The predicted octanol–water partition coefficient (Wildman–Crippen LogP) is 1.50. The first kappa shape index (κ1) is 15.0. The Bertz CT molecular complexity index is 757. The second kappa shape index (κ2) is 6.52. The second-order valence-corrected chi connectivity index (χ2v) is 6.54. The fraction of sp³-hybridized carbons (Fsp3) is 0.263. The molecule has 0 spiro atoms. The number of hydrogen-bond acceptors (Lipinski definition) is 3. The minimum absolute atomic E-state index is 0.0277. The second-order valence-electron chi connectivity index (χ2n) is 6.54. The van der Waals surface area contributed by atoms with Crippen LogP contribution >= 0.6 is 0 Å². The molecule has 1 aromatic carbocycles. The standard InChI is InChI=1S/C19H20BN3O/c24-19(23-17-12-18(21-13-17)15-5-6-15)11-14-3-7-16(8-4-14)20-9-1-2-10-22-20/h1-4,7-10,12,15,22H,5-6,11,13H2,(H,23,24). The number of nitrogens with one attached hydrogen (secondary N) is 2. The molecule has 0 atom stereocenters. The van der Waals surface area contributed by atoms with Crippen LogP contribution in [0.5, 0.6) is 0 Å². The van der Waals surface area contributed by atoms with E-state index >= 15 is 0 Å². The van der Waals surface area contributed by atoms with E-state index < -0.39 is 0 Å². The Morgan fingerprint density at radius 3 is 2.79 bits per heavy atom. The zero-order valence-electron chi connectivity index (χ0n) is 13.5. The third kappa shape index (κ3) is 3.50. The molecule has 2 aliphatic heterocycles. The van der Waals surface area contributed by atoms with Crippen LogP contribution in [0.15, 0.2) is 65.4 Å². The summed E-state index contributed by atoms with van der Waals surface area (Å²) in [6.45, 7) is 0.823. The number of carbonyl (C=O) groups excluding carboxylic acids is 1. The maximum atomic E-state index is 12.2. The summed E-state index contributed by atoms with van der Waals surface area (Å²) in [7, 11) is 0. The summed E-state index contributed by atoms with van der Waals surface area (Å²) >= 11 is 0. The summed E-state index contributed by atoms with van der Waals surface area (Å²) < 4.78 is 0. The van der Waals surface area contributed by atoms with Gasteiger partial charge in [-0.05, 0) is 36.8 Å². The first-order chi connectivity index (χ1) is 11.8. The highest BCUT2D eigenvalue weighted by Gasteiger charge is 2.28. The largest absolute Gasteiger partial charge is 0.427 e. The van der Waals surface area contributed by atoms with Gasteiger partial charge < -0.3 is 10.5 Å². The topological polar surface area (TPSA) is 53.5 Å². The summed E-state index contributed by atoms with van der Waals surface area (Å²) in [5, 5.41) is 6.29. The zero-order valence-corrected chi connectivity index (χ0v) is 13.5. The van der Waals surface area contributed by atoms with Gasteiger partial charge in [0.2, 0.25) is 5.91 Å². The number of aliphatic imine (C=N–C) groups is 1. The van der Waals surface area contributed by atoms with Crippen molar-refractivity contribution in [3.63, 3.8) is 0 Å². The molecule has 1 aromatic rings. The lowest BCUT2D eigenvalue weighted by molar-refractivity contribution is -0.119. The van der Waals surface area contributed by atoms with Crippen molar-refractivity contribution in [2.24, 2.45) is 10.9 Å². The fourth-order valence-corrected chi connectivity index (χ4v) is 3.05. The lowest BCUT2D eigenvalue weighted by atomic mass is 9.55. The van der Waals surface area contributed by atoms with Crippen molar-refractivity contribution in [2.45, 2.75) is 19.3 Å². The Morgan fingerprint density at radius 1 is 1.25 bits per heavy atom. The van der Waals surface area contributed by atoms with E-state index in [9.17, 15) is 4.79 Å². The van der Waals surface area contributed by atoms with E-state index in [1.165, 1.54) is 18.3 Å². The maximum absolute atomic E-state index is 12.2. The number of amides is 1. The van der Waals surface area contributed by atoms with Gasteiger partial charge in [-0.25, -0.2) is 0 Å². The molecule has 3 aliphatic rings. The molecule has 1 aliphatic carbocycles. The van der Waals surface area contributed by atoms with Gasteiger partial charge in [-0.1, -0.05) is 41.8 Å². The molecular weight excluding hydrogens is 297 g/mol. The maximum Gasteiger partial charge on any atom is 0.312 e. The average molecular weight is 317 g/mol. The van der Waals surface area contributed by atoms with Crippen LogP contribution in [0.3, 0.4) is 0 Å². The first-order valence-electron chi connectivity index (χ1n) is 8.51. The van der Waals surface area contributed by atoms with Crippen LogP contribution in [0.2, 0.25) is 0 Å². The number of rotatable bonds is 5. The predicted molar refractivity (Wildman–Crippen MR) is 98.2 cm³/mol. The number of hydrogen-bond donors (Lipinski definition) is 2. The highest BCUT2D eigenvalue weighted by atomic mass is 16.1. The van der Waals surface area contributed by atoms with Crippen molar-refractivity contribution in [1.29, 1.82) is 0 Å². The van der Waals surface area contributed by atoms with Crippen molar-refractivity contribution >= 4 is 23.9 Å². The van der Waals surface area contributed by atoms with Crippen LogP contribution in [0.25, 0.3) is 0 Å². The van der Waals surface area contributed by atoms with E-state index in [4.69, 9.17) is 0 Å². The van der Waals surface area contributed by atoms with E-state index in [0.717, 1.165) is 17.0 Å². The minimum atomic E-state index is 0.0277. The van der Waals surface area contributed by atoms with Crippen LogP contribution < -0.4 is 16.0 Å². The third-order valence-electron chi connectivity index (χ3n) is 4.54. The van der Waals surface area contributed by atoms with Crippen molar-refractivity contribution in [2.75, 3.05) is 6.54 Å².